The van der Waals surface area contributed by atoms with Gasteiger partial charge in [-0.1, -0.05) is 41.4 Å². The molecular formula is C19H14Cl2N2O4. The van der Waals surface area contributed by atoms with Crippen molar-refractivity contribution in [3.63, 3.8) is 0 Å². The normalized spacial score (nSPS) is 13.9. The van der Waals surface area contributed by atoms with Crippen molar-refractivity contribution in [3.05, 3.63) is 64.1 Å². The van der Waals surface area contributed by atoms with Crippen molar-refractivity contribution in [2.24, 2.45) is 5.10 Å². The minimum atomic E-state index is -0.748. The Bertz CT molecular complexity index is 929. The van der Waals surface area contributed by atoms with Gasteiger partial charge in [-0.05, 0) is 30.3 Å². The SMILES string of the molecule is O=C(OCC(=O)c1ccc(Cl)cc1Cl)C1=NN(c2ccccc2)C(=O)CC1. The van der Waals surface area contributed by atoms with Gasteiger partial charge in [-0.3, -0.25) is 9.59 Å². The number of benzene rings is 2. The van der Waals surface area contributed by atoms with Gasteiger partial charge in [0, 0.05) is 23.4 Å². The first-order valence-corrected chi connectivity index (χ1v) is 8.82. The lowest BCUT2D eigenvalue weighted by Gasteiger charge is -2.22. The van der Waals surface area contributed by atoms with Crippen LogP contribution in [0.15, 0.2) is 53.6 Å². The molecule has 0 fully saturated rings. The molecule has 0 N–H and O–H groups in total. The van der Waals surface area contributed by atoms with E-state index in [4.69, 9.17) is 27.9 Å². The summed E-state index contributed by atoms with van der Waals surface area (Å²) in [7, 11) is 0. The first kappa shape index (κ1) is 19.1. The maximum Gasteiger partial charge on any atom is 0.354 e. The predicted molar refractivity (Wildman–Crippen MR) is 102 cm³/mol. The number of ether oxygens (including phenoxy) is 1. The van der Waals surface area contributed by atoms with Crippen molar-refractivity contribution >= 4 is 52.3 Å². The number of halogens is 2. The molecule has 0 radical (unpaired) electrons. The molecule has 0 aromatic heterocycles. The van der Waals surface area contributed by atoms with Gasteiger partial charge in [0.1, 0.15) is 5.71 Å². The predicted octanol–water partition coefficient (Wildman–Crippen LogP) is 3.90. The lowest BCUT2D eigenvalue weighted by Crippen LogP contribution is -2.35. The fourth-order valence-corrected chi connectivity index (χ4v) is 2.99. The molecule has 6 nitrogen and oxygen atoms in total. The molecule has 2 aromatic rings. The van der Waals surface area contributed by atoms with Gasteiger partial charge < -0.3 is 4.74 Å². The van der Waals surface area contributed by atoms with E-state index in [0.717, 1.165) is 5.01 Å². The highest BCUT2D eigenvalue weighted by atomic mass is 35.5. The van der Waals surface area contributed by atoms with Gasteiger partial charge in [-0.15, -0.1) is 0 Å². The Morgan fingerprint density at radius 1 is 1.07 bits per heavy atom. The highest BCUT2D eigenvalue weighted by Gasteiger charge is 2.27. The number of carbonyl (C=O) groups excluding carboxylic acids is 3. The van der Waals surface area contributed by atoms with E-state index in [2.05, 4.69) is 5.10 Å². The smallest absolute Gasteiger partial charge is 0.354 e. The van der Waals surface area contributed by atoms with Crippen LogP contribution in [0.2, 0.25) is 10.0 Å². The summed E-state index contributed by atoms with van der Waals surface area (Å²) in [6, 6.07) is 13.2. The molecule has 138 valence electrons. The maximum atomic E-state index is 12.3. The average Bonchev–Trinajstić information content (AvgIpc) is 2.67. The Balaban J connectivity index is 1.68. The van der Waals surface area contributed by atoms with Gasteiger partial charge >= 0.3 is 5.97 Å². The summed E-state index contributed by atoms with van der Waals surface area (Å²) in [5.41, 5.74) is 0.838. The molecule has 1 amide bonds. The van der Waals surface area contributed by atoms with E-state index in [0.29, 0.717) is 10.7 Å². The van der Waals surface area contributed by atoms with Crippen LogP contribution in [0.5, 0.6) is 0 Å². The number of amides is 1. The van der Waals surface area contributed by atoms with Crippen LogP contribution in [0.25, 0.3) is 0 Å². The number of esters is 1. The lowest BCUT2D eigenvalue weighted by molar-refractivity contribution is -0.134. The molecular weight excluding hydrogens is 391 g/mol. The first-order valence-electron chi connectivity index (χ1n) is 8.06. The fraction of sp³-hybridized carbons (Fsp3) is 0.158. The third-order valence-electron chi connectivity index (χ3n) is 3.83. The number of Topliss-reactive ketones (excluding diaryl/α,β-unsaturated/α-hetero) is 1. The molecule has 0 bridgehead atoms. The van der Waals surface area contributed by atoms with Crippen LogP contribution in [0.1, 0.15) is 23.2 Å². The van der Waals surface area contributed by atoms with E-state index in [-0.39, 0.29) is 35.0 Å². The molecule has 0 unspecified atom stereocenters. The highest BCUT2D eigenvalue weighted by molar-refractivity contribution is 6.38. The van der Waals surface area contributed by atoms with Gasteiger partial charge in [0.15, 0.2) is 6.61 Å². The van der Waals surface area contributed by atoms with Gasteiger partial charge in [-0.2, -0.15) is 5.10 Å². The Hall–Kier alpha value is -2.70. The van der Waals surface area contributed by atoms with Crippen molar-refractivity contribution in [2.45, 2.75) is 12.8 Å². The van der Waals surface area contributed by atoms with Crippen LogP contribution in [0, 0.1) is 0 Å². The standard InChI is InChI=1S/C19H14Cl2N2O4/c20-12-6-7-14(15(21)10-12)17(24)11-27-19(26)16-8-9-18(25)23(22-16)13-4-2-1-3-5-13/h1-7,10H,8-9,11H2. The third kappa shape index (κ3) is 4.53. The van der Waals surface area contributed by atoms with E-state index < -0.39 is 18.4 Å². The molecule has 1 aliphatic heterocycles. The van der Waals surface area contributed by atoms with Crippen LogP contribution in [-0.2, 0) is 14.3 Å². The molecule has 0 spiro atoms. The summed E-state index contributed by atoms with van der Waals surface area (Å²) in [4.78, 5) is 36.5. The first-order chi connectivity index (χ1) is 13.0. The second kappa shape index (κ2) is 8.33. The molecule has 0 atom stereocenters. The average molecular weight is 405 g/mol. The van der Waals surface area contributed by atoms with Gasteiger partial charge in [0.25, 0.3) is 0 Å². The number of hydrogen-bond donors (Lipinski definition) is 0. The monoisotopic (exact) mass is 404 g/mol. The zero-order valence-electron chi connectivity index (χ0n) is 14.0. The number of nitrogens with zero attached hydrogens (tertiary/aromatic N) is 2. The van der Waals surface area contributed by atoms with Crippen LogP contribution in [0.3, 0.4) is 0 Å². The third-order valence-corrected chi connectivity index (χ3v) is 4.38. The molecule has 0 saturated carbocycles. The van der Waals surface area contributed by atoms with Crippen LogP contribution >= 0.6 is 23.2 Å². The maximum absolute atomic E-state index is 12.3. The molecule has 1 heterocycles. The number of anilines is 1. The largest absolute Gasteiger partial charge is 0.453 e. The summed E-state index contributed by atoms with van der Waals surface area (Å²) in [5.74, 6) is -1.43. The highest BCUT2D eigenvalue weighted by Crippen LogP contribution is 2.22. The van der Waals surface area contributed by atoms with Crippen molar-refractivity contribution in [1.82, 2.24) is 0 Å². The Kier molecular flexibility index (Phi) is 5.88. The number of ketones is 1. The fourth-order valence-electron chi connectivity index (χ4n) is 2.48. The molecule has 0 saturated heterocycles. The van der Waals surface area contributed by atoms with E-state index >= 15 is 0 Å². The van der Waals surface area contributed by atoms with E-state index in [1.54, 1.807) is 24.3 Å². The quantitative estimate of drug-likeness (QED) is 0.559. The topological polar surface area (TPSA) is 76.0 Å². The van der Waals surface area contributed by atoms with E-state index in [1.165, 1.54) is 18.2 Å². The minimum Gasteiger partial charge on any atom is -0.453 e. The van der Waals surface area contributed by atoms with Crippen molar-refractivity contribution in [2.75, 3.05) is 11.6 Å². The molecule has 8 heteroatoms. The van der Waals surface area contributed by atoms with Crippen LogP contribution in [-0.4, -0.2) is 30.0 Å². The Morgan fingerprint density at radius 2 is 1.81 bits per heavy atom. The molecule has 3 rings (SSSR count). The van der Waals surface area contributed by atoms with E-state index in [1.807, 2.05) is 6.07 Å². The van der Waals surface area contributed by atoms with Crippen molar-refractivity contribution in [1.29, 1.82) is 0 Å². The second-order valence-electron chi connectivity index (χ2n) is 5.71. The summed E-state index contributed by atoms with van der Waals surface area (Å²) in [5, 5.41) is 5.83. The van der Waals surface area contributed by atoms with Crippen LogP contribution < -0.4 is 5.01 Å². The summed E-state index contributed by atoms with van der Waals surface area (Å²) in [6.45, 7) is -0.488. The van der Waals surface area contributed by atoms with Gasteiger partial charge in [0.2, 0.25) is 11.7 Å². The Morgan fingerprint density at radius 3 is 2.52 bits per heavy atom. The number of hydrogen-bond acceptors (Lipinski definition) is 5. The van der Waals surface area contributed by atoms with Crippen LogP contribution in [0.4, 0.5) is 5.69 Å². The zero-order chi connectivity index (χ0) is 19.4. The van der Waals surface area contributed by atoms with Gasteiger partial charge in [0.05, 0.1) is 10.7 Å². The summed E-state index contributed by atoms with van der Waals surface area (Å²) < 4.78 is 5.05. The zero-order valence-corrected chi connectivity index (χ0v) is 15.5. The van der Waals surface area contributed by atoms with E-state index in [9.17, 15) is 14.4 Å². The molecule has 1 aliphatic rings. The summed E-state index contributed by atoms with van der Waals surface area (Å²) >= 11 is 11.8. The molecule has 2 aromatic carbocycles. The number of para-hydroxylation sites is 1. The summed E-state index contributed by atoms with van der Waals surface area (Å²) in [6.07, 6.45) is 0.274. The van der Waals surface area contributed by atoms with Gasteiger partial charge in [-0.25, -0.2) is 9.80 Å². The molecule has 27 heavy (non-hydrogen) atoms. The Labute approximate surface area is 165 Å². The number of carbonyl (C=O) groups is 3. The lowest BCUT2D eigenvalue weighted by atomic mass is 10.1. The van der Waals surface area contributed by atoms with Crippen molar-refractivity contribution in [3.8, 4) is 0 Å². The van der Waals surface area contributed by atoms with Crippen molar-refractivity contribution < 1.29 is 19.1 Å². The minimum absolute atomic E-state index is 0.0773. The molecule has 0 aliphatic carbocycles. The number of hydrazone groups is 1. The number of rotatable bonds is 5. The second-order valence-corrected chi connectivity index (χ2v) is 6.55.